The first-order valence-electron chi connectivity index (χ1n) is 6.98. The van der Waals surface area contributed by atoms with Gasteiger partial charge in [-0.3, -0.25) is 9.59 Å². The summed E-state index contributed by atoms with van der Waals surface area (Å²) in [6.07, 6.45) is 2.16. The summed E-state index contributed by atoms with van der Waals surface area (Å²) in [4.78, 5) is 25.1. The predicted octanol–water partition coefficient (Wildman–Crippen LogP) is 3.67. The summed E-state index contributed by atoms with van der Waals surface area (Å²) >= 11 is 5.93. The van der Waals surface area contributed by atoms with Gasteiger partial charge in [-0.15, -0.1) is 0 Å². The van der Waals surface area contributed by atoms with Gasteiger partial charge in [0.2, 0.25) is 5.91 Å². The molecule has 0 saturated heterocycles. The Morgan fingerprint density at radius 3 is 2.70 bits per heavy atom. The monoisotopic (exact) mass is 291 g/mol. The topological polar surface area (TPSA) is 46.2 Å². The molecule has 1 aromatic rings. The Kier molecular flexibility index (Phi) is 2.94. The fourth-order valence-electron chi connectivity index (χ4n) is 4.01. The van der Waals surface area contributed by atoms with E-state index in [1.165, 1.54) is 0 Å². The molecule has 1 N–H and O–H groups in total. The van der Waals surface area contributed by atoms with Crippen LogP contribution in [0.4, 0.5) is 5.69 Å². The van der Waals surface area contributed by atoms with Crippen molar-refractivity contribution in [3.63, 3.8) is 0 Å². The Hall–Kier alpha value is -1.35. The molecular weight excluding hydrogens is 274 g/mol. The van der Waals surface area contributed by atoms with Crippen molar-refractivity contribution in [2.45, 2.75) is 33.1 Å². The zero-order valence-electron chi connectivity index (χ0n) is 11.7. The number of Topliss-reactive ketones (excluding diaryl/α,β-unsaturated/α-hetero) is 1. The molecule has 106 valence electrons. The van der Waals surface area contributed by atoms with E-state index in [2.05, 4.69) is 5.32 Å². The molecule has 2 aliphatic carbocycles. The highest BCUT2D eigenvalue weighted by atomic mass is 35.5. The molecule has 2 atom stereocenters. The van der Waals surface area contributed by atoms with Gasteiger partial charge in [-0.2, -0.15) is 0 Å². The van der Waals surface area contributed by atoms with Crippen LogP contribution >= 0.6 is 11.6 Å². The summed E-state index contributed by atoms with van der Waals surface area (Å²) < 4.78 is 0. The highest BCUT2D eigenvalue weighted by Crippen LogP contribution is 2.64. The third-order valence-corrected chi connectivity index (χ3v) is 5.60. The Labute approximate surface area is 123 Å². The number of amides is 1. The van der Waals surface area contributed by atoms with Crippen molar-refractivity contribution in [1.29, 1.82) is 0 Å². The van der Waals surface area contributed by atoms with Gasteiger partial charge in [-0.1, -0.05) is 31.5 Å². The van der Waals surface area contributed by atoms with E-state index in [1.54, 1.807) is 24.3 Å². The van der Waals surface area contributed by atoms with E-state index in [0.717, 1.165) is 6.42 Å². The molecule has 2 saturated carbocycles. The molecular formula is C16H18ClNO2. The van der Waals surface area contributed by atoms with Gasteiger partial charge in [0.15, 0.2) is 0 Å². The van der Waals surface area contributed by atoms with Crippen molar-refractivity contribution in [2.24, 2.45) is 16.7 Å². The summed E-state index contributed by atoms with van der Waals surface area (Å²) in [6, 6.07) is 7.04. The first-order chi connectivity index (χ1) is 9.38. The van der Waals surface area contributed by atoms with Crippen LogP contribution in [-0.2, 0) is 9.59 Å². The molecule has 2 aliphatic rings. The van der Waals surface area contributed by atoms with Gasteiger partial charge in [0.05, 0.1) is 0 Å². The highest BCUT2D eigenvalue weighted by molar-refractivity contribution is 6.31. The van der Waals surface area contributed by atoms with Crippen molar-refractivity contribution >= 4 is 29.0 Å². The number of nitrogens with one attached hydrogen (secondary N) is 1. The molecule has 2 unspecified atom stereocenters. The SMILES string of the molecule is CC1(C)C2CCC1(C(=O)Nc1cccc(Cl)c1)C(=O)C2. The van der Waals surface area contributed by atoms with E-state index in [-0.39, 0.29) is 17.1 Å². The molecule has 2 bridgehead atoms. The van der Waals surface area contributed by atoms with Crippen LogP contribution in [0.2, 0.25) is 5.02 Å². The molecule has 3 nitrogen and oxygen atoms in total. The maximum atomic E-state index is 12.8. The molecule has 3 rings (SSSR count). The first kappa shape index (κ1) is 13.6. The predicted molar refractivity (Wildman–Crippen MR) is 78.6 cm³/mol. The van der Waals surface area contributed by atoms with Crippen molar-refractivity contribution in [2.75, 3.05) is 5.32 Å². The Bertz CT molecular complexity index is 596. The molecule has 0 radical (unpaired) electrons. The number of anilines is 1. The van der Waals surface area contributed by atoms with Crippen LogP contribution in [0, 0.1) is 16.7 Å². The van der Waals surface area contributed by atoms with Crippen molar-refractivity contribution < 1.29 is 9.59 Å². The minimum absolute atomic E-state index is 0.0956. The smallest absolute Gasteiger partial charge is 0.238 e. The number of hydrogen-bond acceptors (Lipinski definition) is 2. The summed E-state index contributed by atoms with van der Waals surface area (Å²) in [5.74, 6) is 0.258. The van der Waals surface area contributed by atoms with Gasteiger partial charge in [-0.05, 0) is 42.4 Å². The van der Waals surface area contributed by atoms with Crippen LogP contribution in [0.5, 0.6) is 0 Å². The average Bonchev–Trinajstić information content (AvgIpc) is 2.73. The molecule has 0 heterocycles. The molecule has 0 aromatic heterocycles. The molecule has 20 heavy (non-hydrogen) atoms. The van der Waals surface area contributed by atoms with Crippen LogP contribution in [0.1, 0.15) is 33.1 Å². The van der Waals surface area contributed by atoms with E-state index in [9.17, 15) is 9.59 Å². The van der Waals surface area contributed by atoms with Crippen molar-refractivity contribution in [3.8, 4) is 0 Å². The van der Waals surface area contributed by atoms with Gasteiger partial charge < -0.3 is 5.32 Å². The maximum absolute atomic E-state index is 12.8. The third kappa shape index (κ3) is 1.65. The van der Waals surface area contributed by atoms with Gasteiger partial charge in [-0.25, -0.2) is 0 Å². The Balaban J connectivity index is 1.92. The van der Waals surface area contributed by atoms with Crippen LogP contribution in [0.25, 0.3) is 0 Å². The number of benzene rings is 1. The van der Waals surface area contributed by atoms with Crippen molar-refractivity contribution in [1.82, 2.24) is 0 Å². The fourth-order valence-corrected chi connectivity index (χ4v) is 4.20. The fraction of sp³-hybridized carbons (Fsp3) is 0.500. The zero-order chi connectivity index (χ0) is 14.5. The standard InChI is InChI=1S/C16H18ClNO2/c1-15(2)10-6-7-16(15,13(19)8-10)14(20)18-12-5-3-4-11(17)9-12/h3-5,9-10H,6-8H2,1-2H3,(H,18,20). The molecule has 0 aliphatic heterocycles. The second-order valence-electron chi connectivity index (χ2n) is 6.45. The van der Waals surface area contributed by atoms with Gasteiger partial charge in [0.25, 0.3) is 0 Å². The third-order valence-electron chi connectivity index (χ3n) is 5.37. The second-order valence-corrected chi connectivity index (χ2v) is 6.89. The molecule has 4 heteroatoms. The van der Waals surface area contributed by atoms with E-state index in [0.29, 0.717) is 29.5 Å². The van der Waals surface area contributed by atoms with E-state index in [1.807, 2.05) is 13.8 Å². The van der Waals surface area contributed by atoms with Crippen LogP contribution in [-0.4, -0.2) is 11.7 Å². The number of carbonyl (C=O) groups is 2. The summed E-state index contributed by atoms with van der Waals surface area (Å²) in [6.45, 7) is 4.10. The number of hydrogen-bond donors (Lipinski definition) is 1. The number of fused-ring (bicyclic) bond motifs is 2. The number of rotatable bonds is 2. The van der Waals surface area contributed by atoms with Gasteiger partial charge in [0, 0.05) is 17.1 Å². The minimum atomic E-state index is -0.861. The van der Waals surface area contributed by atoms with Gasteiger partial charge in [0.1, 0.15) is 11.2 Å². The molecule has 0 spiro atoms. The number of carbonyl (C=O) groups excluding carboxylic acids is 2. The van der Waals surface area contributed by atoms with E-state index >= 15 is 0 Å². The van der Waals surface area contributed by atoms with E-state index in [4.69, 9.17) is 11.6 Å². The highest BCUT2D eigenvalue weighted by Gasteiger charge is 2.68. The molecule has 2 fully saturated rings. The lowest BCUT2D eigenvalue weighted by Gasteiger charge is -2.34. The van der Waals surface area contributed by atoms with Crippen LogP contribution in [0.15, 0.2) is 24.3 Å². The summed E-state index contributed by atoms with van der Waals surface area (Å²) in [5.41, 5.74) is -0.469. The largest absolute Gasteiger partial charge is 0.325 e. The molecule has 1 amide bonds. The van der Waals surface area contributed by atoms with Crippen LogP contribution < -0.4 is 5.32 Å². The summed E-state index contributed by atoms with van der Waals surface area (Å²) in [5, 5.41) is 3.46. The van der Waals surface area contributed by atoms with Crippen molar-refractivity contribution in [3.05, 3.63) is 29.3 Å². The maximum Gasteiger partial charge on any atom is 0.238 e. The van der Waals surface area contributed by atoms with Gasteiger partial charge >= 0.3 is 0 Å². The lowest BCUT2D eigenvalue weighted by Crippen LogP contribution is -2.46. The molecule has 1 aromatic carbocycles. The normalized spacial score (nSPS) is 30.6. The Morgan fingerprint density at radius 2 is 2.15 bits per heavy atom. The first-order valence-corrected chi connectivity index (χ1v) is 7.36. The Morgan fingerprint density at radius 1 is 1.40 bits per heavy atom. The number of halogens is 1. The lowest BCUT2D eigenvalue weighted by molar-refractivity contribution is -0.141. The quantitative estimate of drug-likeness (QED) is 0.845. The number of ketones is 1. The second kappa shape index (κ2) is 4.32. The van der Waals surface area contributed by atoms with Crippen LogP contribution in [0.3, 0.4) is 0 Å². The van der Waals surface area contributed by atoms with E-state index < -0.39 is 5.41 Å². The zero-order valence-corrected chi connectivity index (χ0v) is 12.5. The minimum Gasteiger partial charge on any atom is -0.325 e. The lowest BCUT2D eigenvalue weighted by atomic mass is 9.68. The summed E-state index contributed by atoms with van der Waals surface area (Å²) in [7, 11) is 0. The average molecular weight is 292 g/mol.